The van der Waals surface area contributed by atoms with Crippen LogP contribution in [-0.2, 0) is 19.1 Å². The highest BCUT2D eigenvalue weighted by Gasteiger charge is 2.14. The lowest BCUT2D eigenvalue weighted by Gasteiger charge is -2.13. The molecule has 0 bridgehead atoms. The van der Waals surface area contributed by atoms with Crippen molar-refractivity contribution in [3.63, 3.8) is 0 Å². The molecule has 1 rings (SSSR count). The van der Waals surface area contributed by atoms with Gasteiger partial charge in [-0.1, -0.05) is 36.5 Å². The average Bonchev–Trinajstić information content (AvgIpc) is 2.46. The largest absolute Gasteiger partial charge is 0.466 e. The van der Waals surface area contributed by atoms with Gasteiger partial charge in [-0.25, -0.2) is 9.59 Å². The molecular formula is C16H18O4S. The average molecular weight is 306 g/mol. The highest BCUT2D eigenvalue weighted by atomic mass is 32.2. The Balaban J connectivity index is 2.56. The van der Waals surface area contributed by atoms with Crippen molar-refractivity contribution < 1.29 is 19.1 Å². The Morgan fingerprint density at radius 1 is 1.24 bits per heavy atom. The molecule has 5 heteroatoms. The van der Waals surface area contributed by atoms with Crippen molar-refractivity contribution in [3.8, 4) is 0 Å². The summed E-state index contributed by atoms with van der Waals surface area (Å²) in [6.45, 7) is 6.93. The first kappa shape index (κ1) is 17.0. The van der Waals surface area contributed by atoms with E-state index in [1.807, 2.05) is 30.3 Å². The molecule has 112 valence electrons. The van der Waals surface area contributed by atoms with Gasteiger partial charge in [0.05, 0.1) is 12.7 Å². The van der Waals surface area contributed by atoms with Gasteiger partial charge in [-0.2, -0.15) is 0 Å². The molecule has 0 saturated heterocycles. The standard InChI is InChI=1S/C16H18O4S/c1-11(15(17)19-4)10-12(2)16(18)20-13(3)21-14-8-6-5-7-9-14/h5-10,13H,2H2,1,3-4H3/b11-10+. The van der Waals surface area contributed by atoms with Crippen LogP contribution in [0.15, 0.2) is 59.0 Å². The maximum Gasteiger partial charge on any atom is 0.338 e. The number of methoxy groups -OCH3 is 1. The summed E-state index contributed by atoms with van der Waals surface area (Å²) >= 11 is 1.42. The molecule has 0 aliphatic rings. The molecule has 1 aromatic rings. The number of hydrogen-bond donors (Lipinski definition) is 0. The second-order valence-corrected chi connectivity index (χ2v) is 5.62. The summed E-state index contributed by atoms with van der Waals surface area (Å²) in [5.41, 5.74) is 0.0460. The van der Waals surface area contributed by atoms with Crippen molar-refractivity contribution in [1.29, 1.82) is 0 Å². The highest BCUT2D eigenvalue weighted by molar-refractivity contribution is 7.99. The monoisotopic (exact) mass is 306 g/mol. The van der Waals surface area contributed by atoms with Crippen LogP contribution in [0.2, 0.25) is 0 Å². The molecule has 0 aliphatic carbocycles. The van der Waals surface area contributed by atoms with E-state index in [1.165, 1.54) is 24.9 Å². The quantitative estimate of drug-likeness (QED) is 0.265. The minimum absolute atomic E-state index is 0.110. The van der Waals surface area contributed by atoms with E-state index >= 15 is 0 Å². The van der Waals surface area contributed by atoms with E-state index in [0.29, 0.717) is 5.57 Å². The predicted molar refractivity (Wildman–Crippen MR) is 82.8 cm³/mol. The molecule has 1 atom stereocenters. The summed E-state index contributed by atoms with van der Waals surface area (Å²) in [7, 11) is 1.28. The first-order valence-corrected chi connectivity index (χ1v) is 7.20. The van der Waals surface area contributed by atoms with E-state index in [1.54, 1.807) is 13.8 Å². The Morgan fingerprint density at radius 3 is 2.43 bits per heavy atom. The van der Waals surface area contributed by atoms with Gasteiger partial charge in [-0.3, -0.25) is 0 Å². The van der Waals surface area contributed by atoms with E-state index < -0.39 is 11.9 Å². The smallest absolute Gasteiger partial charge is 0.338 e. The van der Waals surface area contributed by atoms with Gasteiger partial charge in [0.25, 0.3) is 0 Å². The van der Waals surface area contributed by atoms with Crippen LogP contribution in [0.5, 0.6) is 0 Å². The van der Waals surface area contributed by atoms with E-state index in [-0.39, 0.29) is 11.0 Å². The van der Waals surface area contributed by atoms with Gasteiger partial charge < -0.3 is 9.47 Å². The van der Waals surface area contributed by atoms with Crippen LogP contribution in [0.25, 0.3) is 0 Å². The molecule has 0 radical (unpaired) electrons. The Morgan fingerprint density at radius 2 is 1.86 bits per heavy atom. The number of thioether (sulfide) groups is 1. The number of esters is 2. The van der Waals surface area contributed by atoms with Gasteiger partial charge in [-0.15, -0.1) is 0 Å². The predicted octanol–water partition coefficient (Wildman–Crippen LogP) is 3.34. The van der Waals surface area contributed by atoms with Gasteiger partial charge in [0.2, 0.25) is 0 Å². The van der Waals surface area contributed by atoms with E-state index in [0.717, 1.165) is 4.90 Å². The number of carbonyl (C=O) groups excluding carboxylic acids is 2. The van der Waals surface area contributed by atoms with E-state index in [9.17, 15) is 9.59 Å². The summed E-state index contributed by atoms with van der Waals surface area (Å²) in [6.07, 6.45) is 1.36. The lowest BCUT2D eigenvalue weighted by molar-refractivity contribution is -0.139. The fourth-order valence-corrected chi connectivity index (χ4v) is 2.31. The molecule has 21 heavy (non-hydrogen) atoms. The van der Waals surface area contributed by atoms with Crippen molar-refractivity contribution in [2.45, 2.75) is 24.2 Å². The summed E-state index contributed by atoms with van der Waals surface area (Å²) in [5.74, 6) is -1.06. The number of carbonyl (C=O) groups is 2. The normalized spacial score (nSPS) is 12.4. The second kappa shape index (κ2) is 8.32. The topological polar surface area (TPSA) is 52.6 Å². The molecule has 0 aliphatic heterocycles. The molecule has 0 saturated carbocycles. The van der Waals surface area contributed by atoms with Crippen LogP contribution in [0.3, 0.4) is 0 Å². The maximum atomic E-state index is 11.9. The zero-order valence-electron chi connectivity index (χ0n) is 12.3. The first-order valence-electron chi connectivity index (χ1n) is 6.32. The van der Waals surface area contributed by atoms with Gasteiger partial charge in [0.1, 0.15) is 5.44 Å². The first-order chi connectivity index (χ1) is 9.93. The van der Waals surface area contributed by atoms with Crippen molar-refractivity contribution in [2.75, 3.05) is 7.11 Å². The molecule has 1 aromatic carbocycles. The Hall–Kier alpha value is -2.01. The molecule has 0 heterocycles. The molecule has 0 spiro atoms. The summed E-state index contributed by atoms with van der Waals surface area (Å²) < 4.78 is 9.81. The lowest BCUT2D eigenvalue weighted by Crippen LogP contribution is -2.13. The third kappa shape index (κ3) is 5.87. The summed E-state index contributed by atoms with van der Waals surface area (Å²) in [4.78, 5) is 24.1. The summed E-state index contributed by atoms with van der Waals surface area (Å²) in [6, 6.07) is 9.62. The van der Waals surface area contributed by atoms with Crippen molar-refractivity contribution in [2.24, 2.45) is 0 Å². The van der Waals surface area contributed by atoms with E-state index in [2.05, 4.69) is 11.3 Å². The van der Waals surface area contributed by atoms with Crippen LogP contribution in [-0.4, -0.2) is 24.5 Å². The van der Waals surface area contributed by atoms with Gasteiger partial charge in [0.15, 0.2) is 0 Å². The summed E-state index contributed by atoms with van der Waals surface area (Å²) in [5, 5.41) is 0. The van der Waals surface area contributed by atoms with Gasteiger partial charge in [0, 0.05) is 10.5 Å². The van der Waals surface area contributed by atoms with Crippen molar-refractivity contribution in [3.05, 3.63) is 54.1 Å². The van der Waals surface area contributed by atoms with Crippen molar-refractivity contribution >= 4 is 23.7 Å². The van der Waals surface area contributed by atoms with Crippen LogP contribution >= 0.6 is 11.8 Å². The molecule has 0 fully saturated rings. The minimum Gasteiger partial charge on any atom is -0.466 e. The Labute approximate surface area is 128 Å². The SMILES string of the molecule is C=C(/C=C(\C)C(=O)OC)C(=O)OC(C)Sc1ccccc1. The molecule has 0 N–H and O–H groups in total. The third-order valence-electron chi connectivity index (χ3n) is 2.48. The number of ether oxygens (including phenoxy) is 2. The molecule has 4 nitrogen and oxygen atoms in total. The van der Waals surface area contributed by atoms with E-state index in [4.69, 9.17) is 4.74 Å². The maximum absolute atomic E-state index is 11.9. The fourth-order valence-electron chi connectivity index (χ4n) is 1.48. The van der Waals surface area contributed by atoms with Gasteiger partial charge >= 0.3 is 11.9 Å². The second-order valence-electron chi connectivity index (χ2n) is 4.25. The van der Waals surface area contributed by atoms with Crippen LogP contribution < -0.4 is 0 Å². The minimum atomic E-state index is -0.561. The Bertz CT molecular complexity index is 549. The Kier molecular flexibility index (Phi) is 6.75. The zero-order chi connectivity index (χ0) is 15.8. The zero-order valence-corrected chi connectivity index (χ0v) is 13.1. The number of hydrogen-bond acceptors (Lipinski definition) is 5. The fraction of sp³-hybridized carbons (Fsp3) is 0.250. The lowest BCUT2D eigenvalue weighted by atomic mass is 10.2. The van der Waals surface area contributed by atoms with Crippen molar-refractivity contribution in [1.82, 2.24) is 0 Å². The number of benzene rings is 1. The molecule has 1 unspecified atom stereocenters. The van der Waals surface area contributed by atoms with Crippen LogP contribution in [0.4, 0.5) is 0 Å². The third-order valence-corrected chi connectivity index (χ3v) is 3.45. The molecular weight excluding hydrogens is 288 g/mol. The molecule has 0 aromatic heterocycles. The van der Waals surface area contributed by atoms with Gasteiger partial charge in [-0.05, 0) is 32.1 Å². The van der Waals surface area contributed by atoms with Crippen LogP contribution in [0, 0.1) is 0 Å². The highest BCUT2D eigenvalue weighted by Crippen LogP contribution is 2.24. The molecule has 0 amide bonds. The number of rotatable bonds is 6. The van der Waals surface area contributed by atoms with Crippen LogP contribution in [0.1, 0.15) is 13.8 Å².